The van der Waals surface area contributed by atoms with Gasteiger partial charge in [0.1, 0.15) is 0 Å². The van der Waals surface area contributed by atoms with Crippen LogP contribution in [0.5, 0.6) is 0 Å². The van der Waals surface area contributed by atoms with Crippen LogP contribution in [-0.4, -0.2) is 49.5 Å². The molecule has 1 saturated carbocycles. The van der Waals surface area contributed by atoms with Gasteiger partial charge in [0.2, 0.25) is 5.91 Å². The van der Waals surface area contributed by atoms with E-state index in [0.29, 0.717) is 39.2 Å². The second-order valence-electron chi connectivity index (χ2n) is 4.79. The molecule has 0 bridgehead atoms. The number of amides is 1. The predicted octanol–water partition coefficient (Wildman–Crippen LogP) is 0.0189. The third-order valence-electron chi connectivity index (χ3n) is 3.56. The van der Waals surface area contributed by atoms with Crippen LogP contribution in [0.3, 0.4) is 0 Å². The van der Waals surface area contributed by atoms with Crippen LogP contribution in [0.15, 0.2) is 0 Å². The number of carbonyl (C=O) groups is 2. The maximum Gasteiger partial charge on any atom is 0.307 e. The van der Waals surface area contributed by atoms with Crippen molar-refractivity contribution in [3.8, 4) is 0 Å². The van der Waals surface area contributed by atoms with Crippen molar-refractivity contribution in [2.45, 2.75) is 25.4 Å². The molecular formula is C12H19NO5. The Balaban J connectivity index is 1.78. The first-order valence-corrected chi connectivity index (χ1v) is 6.38. The number of carbonyl (C=O) groups excluding carboxylic acids is 1. The van der Waals surface area contributed by atoms with Crippen molar-refractivity contribution in [1.29, 1.82) is 0 Å². The van der Waals surface area contributed by atoms with Crippen molar-refractivity contribution in [2.75, 3.05) is 26.4 Å². The quantitative estimate of drug-likeness (QED) is 0.741. The first-order chi connectivity index (χ1) is 8.68. The highest BCUT2D eigenvalue weighted by molar-refractivity contribution is 5.85. The van der Waals surface area contributed by atoms with Crippen molar-refractivity contribution in [1.82, 2.24) is 5.32 Å². The number of rotatable bonds is 4. The number of hydrogen-bond donors (Lipinski definition) is 2. The second kappa shape index (κ2) is 6.15. The third-order valence-corrected chi connectivity index (χ3v) is 3.56. The fourth-order valence-corrected chi connectivity index (χ4v) is 2.57. The average molecular weight is 257 g/mol. The highest BCUT2D eigenvalue weighted by atomic mass is 16.6. The number of aliphatic carboxylic acids is 1. The molecule has 0 radical (unpaired) electrons. The van der Waals surface area contributed by atoms with Crippen LogP contribution in [0.2, 0.25) is 0 Å². The van der Waals surface area contributed by atoms with E-state index < -0.39 is 17.8 Å². The summed E-state index contributed by atoms with van der Waals surface area (Å²) in [6, 6.07) is 0. The summed E-state index contributed by atoms with van der Waals surface area (Å²) in [4.78, 5) is 22.9. The Morgan fingerprint density at radius 2 is 2.00 bits per heavy atom. The van der Waals surface area contributed by atoms with Crippen LogP contribution in [0.1, 0.15) is 19.3 Å². The first kappa shape index (κ1) is 13.3. The monoisotopic (exact) mass is 257 g/mol. The Kier molecular flexibility index (Phi) is 4.54. The maximum atomic E-state index is 11.9. The Hall–Kier alpha value is -1.14. The van der Waals surface area contributed by atoms with E-state index in [4.69, 9.17) is 14.6 Å². The summed E-state index contributed by atoms with van der Waals surface area (Å²) in [5.41, 5.74) is 0. The number of nitrogens with one attached hydrogen (secondary N) is 1. The minimum Gasteiger partial charge on any atom is -0.481 e. The van der Waals surface area contributed by atoms with E-state index in [9.17, 15) is 9.59 Å². The fourth-order valence-electron chi connectivity index (χ4n) is 2.57. The molecule has 2 fully saturated rings. The molecule has 18 heavy (non-hydrogen) atoms. The van der Waals surface area contributed by atoms with Crippen molar-refractivity contribution in [2.24, 2.45) is 11.8 Å². The van der Waals surface area contributed by atoms with Gasteiger partial charge >= 0.3 is 5.97 Å². The molecule has 1 aliphatic carbocycles. The zero-order valence-electron chi connectivity index (χ0n) is 10.3. The van der Waals surface area contributed by atoms with Gasteiger partial charge in [-0.2, -0.15) is 0 Å². The first-order valence-electron chi connectivity index (χ1n) is 6.38. The van der Waals surface area contributed by atoms with Crippen LogP contribution in [0.25, 0.3) is 0 Å². The number of carboxylic acids is 1. The summed E-state index contributed by atoms with van der Waals surface area (Å²) >= 11 is 0. The van der Waals surface area contributed by atoms with Gasteiger partial charge in [-0.3, -0.25) is 9.59 Å². The molecule has 2 aliphatic rings. The Labute approximate surface area is 106 Å². The molecule has 102 valence electrons. The Bertz CT molecular complexity index is 314. The van der Waals surface area contributed by atoms with Gasteiger partial charge in [-0.15, -0.1) is 0 Å². The van der Waals surface area contributed by atoms with Gasteiger partial charge in [-0.25, -0.2) is 0 Å². The summed E-state index contributed by atoms with van der Waals surface area (Å²) in [5, 5.41) is 11.8. The molecule has 6 heteroatoms. The summed E-state index contributed by atoms with van der Waals surface area (Å²) in [6.07, 6.45) is 1.94. The largest absolute Gasteiger partial charge is 0.481 e. The standard InChI is InChI=1S/C12H19NO5/c14-11(9-2-1-3-10(9)12(15)16)13-6-8-7-17-4-5-18-8/h8-10H,1-7H2,(H,13,14)(H,15,16). The summed E-state index contributed by atoms with van der Waals surface area (Å²) in [7, 11) is 0. The molecule has 0 spiro atoms. The highest BCUT2D eigenvalue weighted by Crippen LogP contribution is 2.31. The number of carboxylic acid groups (broad SMARTS) is 1. The molecule has 0 aromatic carbocycles. The fraction of sp³-hybridized carbons (Fsp3) is 0.833. The number of hydrogen-bond acceptors (Lipinski definition) is 4. The molecule has 1 heterocycles. The lowest BCUT2D eigenvalue weighted by atomic mass is 9.95. The van der Waals surface area contributed by atoms with E-state index in [0.717, 1.165) is 6.42 Å². The zero-order chi connectivity index (χ0) is 13.0. The minimum absolute atomic E-state index is 0.118. The molecule has 2 N–H and O–H groups in total. The van der Waals surface area contributed by atoms with Gasteiger partial charge in [0.15, 0.2) is 0 Å². The van der Waals surface area contributed by atoms with Gasteiger partial charge < -0.3 is 19.9 Å². The third kappa shape index (κ3) is 3.20. The molecular weight excluding hydrogens is 238 g/mol. The summed E-state index contributed by atoms with van der Waals surface area (Å²) in [5.74, 6) is -1.97. The lowest BCUT2D eigenvalue weighted by Gasteiger charge is -2.24. The van der Waals surface area contributed by atoms with E-state index in [1.54, 1.807) is 0 Å². The van der Waals surface area contributed by atoms with Crippen LogP contribution in [0, 0.1) is 11.8 Å². The van der Waals surface area contributed by atoms with Gasteiger partial charge in [-0.05, 0) is 12.8 Å². The minimum atomic E-state index is -0.870. The molecule has 0 aromatic heterocycles. The summed E-state index contributed by atoms with van der Waals surface area (Å²) in [6.45, 7) is 2.00. The molecule has 1 aliphatic heterocycles. The predicted molar refractivity (Wildman–Crippen MR) is 62.0 cm³/mol. The molecule has 6 nitrogen and oxygen atoms in total. The zero-order valence-corrected chi connectivity index (χ0v) is 10.3. The number of ether oxygens (including phenoxy) is 2. The van der Waals surface area contributed by atoms with Crippen LogP contribution >= 0.6 is 0 Å². The topological polar surface area (TPSA) is 84.9 Å². The van der Waals surface area contributed by atoms with E-state index in [1.165, 1.54) is 0 Å². The Morgan fingerprint density at radius 1 is 1.22 bits per heavy atom. The van der Waals surface area contributed by atoms with E-state index >= 15 is 0 Å². The maximum absolute atomic E-state index is 11.9. The molecule has 0 aromatic rings. The normalized spacial score (nSPS) is 32.1. The lowest BCUT2D eigenvalue weighted by molar-refractivity contribution is -0.146. The van der Waals surface area contributed by atoms with Gasteiger partial charge in [0.25, 0.3) is 0 Å². The molecule has 3 unspecified atom stereocenters. The molecule has 2 rings (SSSR count). The smallest absolute Gasteiger partial charge is 0.307 e. The van der Waals surface area contributed by atoms with E-state index in [2.05, 4.69) is 5.32 Å². The van der Waals surface area contributed by atoms with Crippen LogP contribution in [-0.2, 0) is 19.1 Å². The van der Waals surface area contributed by atoms with E-state index in [-0.39, 0.29) is 12.0 Å². The lowest BCUT2D eigenvalue weighted by Crippen LogP contribution is -2.43. The van der Waals surface area contributed by atoms with Crippen LogP contribution in [0.4, 0.5) is 0 Å². The van der Waals surface area contributed by atoms with Crippen LogP contribution < -0.4 is 5.32 Å². The van der Waals surface area contributed by atoms with Crippen molar-refractivity contribution in [3.63, 3.8) is 0 Å². The second-order valence-corrected chi connectivity index (χ2v) is 4.79. The van der Waals surface area contributed by atoms with Crippen molar-refractivity contribution in [3.05, 3.63) is 0 Å². The average Bonchev–Trinajstić information content (AvgIpc) is 2.86. The van der Waals surface area contributed by atoms with Gasteiger partial charge in [-0.1, -0.05) is 6.42 Å². The molecule has 1 saturated heterocycles. The van der Waals surface area contributed by atoms with Gasteiger partial charge in [0, 0.05) is 6.54 Å². The van der Waals surface area contributed by atoms with Gasteiger partial charge in [0.05, 0.1) is 37.8 Å². The molecule has 1 amide bonds. The SMILES string of the molecule is O=C(O)C1CCCC1C(=O)NCC1COCCO1. The Morgan fingerprint density at radius 3 is 2.67 bits per heavy atom. The van der Waals surface area contributed by atoms with Crippen molar-refractivity contribution < 1.29 is 24.2 Å². The summed E-state index contributed by atoms with van der Waals surface area (Å²) < 4.78 is 10.6. The van der Waals surface area contributed by atoms with Crippen molar-refractivity contribution >= 4 is 11.9 Å². The highest BCUT2D eigenvalue weighted by Gasteiger charge is 2.37. The van der Waals surface area contributed by atoms with E-state index in [1.807, 2.05) is 0 Å². The molecule has 3 atom stereocenters.